The highest BCUT2D eigenvalue weighted by Crippen LogP contribution is 2.15. The van der Waals surface area contributed by atoms with Crippen molar-refractivity contribution >= 4 is 35.2 Å². The molecule has 0 saturated carbocycles. The van der Waals surface area contributed by atoms with Gasteiger partial charge in [0.05, 0.1) is 6.26 Å². The number of benzene rings is 1. The van der Waals surface area contributed by atoms with Crippen LogP contribution in [0.2, 0.25) is 5.02 Å². The number of ether oxygens (including phenoxy) is 1. The summed E-state index contributed by atoms with van der Waals surface area (Å²) in [5, 5.41) is 3.12. The summed E-state index contributed by atoms with van der Waals surface area (Å²) >= 11 is 5.83. The number of halogens is 1. The molecule has 1 heterocycles. The average Bonchev–Trinajstić information content (AvgIpc) is 2.98. The molecule has 6 heteroatoms. The summed E-state index contributed by atoms with van der Waals surface area (Å²) in [5.41, 5.74) is 0.534. The van der Waals surface area contributed by atoms with E-state index in [1.165, 1.54) is 25.3 Å². The molecular formula is C16H14ClNO4. The fourth-order valence-corrected chi connectivity index (χ4v) is 1.80. The maximum atomic E-state index is 11.9. The summed E-state index contributed by atoms with van der Waals surface area (Å²) in [6, 6.07) is 10.1. The van der Waals surface area contributed by atoms with Crippen LogP contribution in [0.4, 0.5) is 5.69 Å². The summed E-state index contributed by atoms with van der Waals surface area (Å²) in [4.78, 5) is 23.5. The first kappa shape index (κ1) is 15.9. The van der Waals surface area contributed by atoms with Crippen LogP contribution >= 0.6 is 11.6 Å². The van der Waals surface area contributed by atoms with Gasteiger partial charge < -0.3 is 14.5 Å². The second-order valence-electron chi connectivity index (χ2n) is 4.43. The third-order valence-corrected chi connectivity index (χ3v) is 2.92. The molecule has 114 valence electrons. The van der Waals surface area contributed by atoms with Crippen molar-refractivity contribution in [3.63, 3.8) is 0 Å². The first-order valence-corrected chi connectivity index (χ1v) is 6.91. The monoisotopic (exact) mass is 319 g/mol. The third-order valence-electron chi connectivity index (χ3n) is 2.68. The van der Waals surface area contributed by atoms with Gasteiger partial charge in [0.15, 0.2) is 6.10 Å². The van der Waals surface area contributed by atoms with Gasteiger partial charge in [-0.3, -0.25) is 4.79 Å². The molecule has 1 amide bonds. The second kappa shape index (κ2) is 7.47. The number of furan rings is 1. The molecule has 0 spiro atoms. The quantitative estimate of drug-likeness (QED) is 0.676. The molecule has 0 fully saturated rings. The van der Waals surface area contributed by atoms with Gasteiger partial charge in [0, 0.05) is 16.8 Å². The largest absolute Gasteiger partial charge is 0.465 e. The van der Waals surface area contributed by atoms with E-state index >= 15 is 0 Å². The van der Waals surface area contributed by atoms with Gasteiger partial charge in [0.25, 0.3) is 5.91 Å². The van der Waals surface area contributed by atoms with Crippen LogP contribution in [-0.2, 0) is 14.3 Å². The van der Waals surface area contributed by atoms with Gasteiger partial charge in [-0.25, -0.2) is 4.79 Å². The lowest BCUT2D eigenvalue weighted by atomic mass is 10.3. The molecule has 0 saturated heterocycles. The summed E-state index contributed by atoms with van der Waals surface area (Å²) in [6.07, 6.45) is 3.21. The van der Waals surface area contributed by atoms with E-state index in [0.29, 0.717) is 16.5 Å². The molecule has 0 unspecified atom stereocenters. The zero-order chi connectivity index (χ0) is 15.9. The fraction of sp³-hybridized carbons (Fsp3) is 0.125. The van der Waals surface area contributed by atoms with Crippen LogP contribution in [0.1, 0.15) is 12.7 Å². The minimum atomic E-state index is -0.937. The summed E-state index contributed by atoms with van der Waals surface area (Å²) in [7, 11) is 0. The third kappa shape index (κ3) is 4.79. The van der Waals surface area contributed by atoms with Gasteiger partial charge in [0.1, 0.15) is 5.76 Å². The molecule has 0 aliphatic carbocycles. The number of amides is 1. The van der Waals surface area contributed by atoms with Crippen LogP contribution in [0.25, 0.3) is 6.08 Å². The van der Waals surface area contributed by atoms with Crippen LogP contribution < -0.4 is 5.32 Å². The molecule has 5 nitrogen and oxygen atoms in total. The number of hydrogen-bond donors (Lipinski definition) is 1. The Morgan fingerprint density at radius 1 is 1.32 bits per heavy atom. The first-order chi connectivity index (χ1) is 10.5. The molecule has 1 N–H and O–H groups in total. The molecule has 1 atom stereocenters. The van der Waals surface area contributed by atoms with E-state index in [4.69, 9.17) is 20.8 Å². The Kier molecular flexibility index (Phi) is 5.38. The van der Waals surface area contributed by atoms with Gasteiger partial charge in [0.2, 0.25) is 0 Å². The number of carbonyl (C=O) groups is 2. The van der Waals surface area contributed by atoms with Crippen LogP contribution in [0, 0.1) is 0 Å². The van der Waals surface area contributed by atoms with E-state index in [2.05, 4.69) is 5.32 Å². The van der Waals surface area contributed by atoms with Crippen molar-refractivity contribution in [1.82, 2.24) is 0 Å². The lowest BCUT2D eigenvalue weighted by molar-refractivity contribution is -0.148. The van der Waals surface area contributed by atoms with Crippen molar-refractivity contribution in [2.75, 3.05) is 5.32 Å². The van der Waals surface area contributed by atoms with Crippen molar-refractivity contribution in [3.05, 3.63) is 59.5 Å². The Morgan fingerprint density at radius 3 is 2.82 bits per heavy atom. The highest BCUT2D eigenvalue weighted by Gasteiger charge is 2.16. The molecule has 22 heavy (non-hydrogen) atoms. The highest BCUT2D eigenvalue weighted by molar-refractivity contribution is 6.30. The van der Waals surface area contributed by atoms with E-state index in [1.807, 2.05) is 0 Å². The smallest absolute Gasteiger partial charge is 0.331 e. The van der Waals surface area contributed by atoms with Crippen molar-refractivity contribution in [1.29, 1.82) is 0 Å². The van der Waals surface area contributed by atoms with E-state index < -0.39 is 18.0 Å². The molecule has 0 radical (unpaired) electrons. The molecule has 2 rings (SSSR count). The zero-order valence-corrected chi connectivity index (χ0v) is 12.5. The first-order valence-electron chi connectivity index (χ1n) is 6.53. The number of hydrogen-bond acceptors (Lipinski definition) is 4. The van der Waals surface area contributed by atoms with Crippen LogP contribution in [0.5, 0.6) is 0 Å². The molecular weight excluding hydrogens is 306 g/mol. The van der Waals surface area contributed by atoms with E-state index in [9.17, 15) is 9.59 Å². The highest BCUT2D eigenvalue weighted by atomic mass is 35.5. The summed E-state index contributed by atoms with van der Waals surface area (Å²) < 4.78 is 10.0. The Balaban J connectivity index is 1.87. The van der Waals surface area contributed by atoms with E-state index in [0.717, 1.165) is 0 Å². The van der Waals surface area contributed by atoms with Gasteiger partial charge in [-0.2, -0.15) is 0 Å². The van der Waals surface area contributed by atoms with Gasteiger partial charge >= 0.3 is 5.97 Å². The molecule has 0 aliphatic rings. The predicted octanol–water partition coefficient (Wildman–Crippen LogP) is 3.52. The van der Waals surface area contributed by atoms with E-state index in [1.54, 1.807) is 36.4 Å². The average molecular weight is 320 g/mol. The normalized spacial score (nSPS) is 12.1. The number of rotatable bonds is 5. The number of esters is 1. The molecule has 1 aromatic heterocycles. The minimum Gasteiger partial charge on any atom is -0.465 e. The standard InChI is InChI=1S/C16H14ClNO4/c1-11(16(20)18-13-5-2-4-12(17)10-13)22-15(19)8-7-14-6-3-9-21-14/h2-11H,1H3,(H,18,20)/t11-/m0/s1. The number of carbonyl (C=O) groups excluding carboxylic acids is 2. The summed E-state index contributed by atoms with van der Waals surface area (Å²) in [5.74, 6) is -0.555. The van der Waals surface area contributed by atoms with Gasteiger partial charge in [-0.05, 0) is 43.3 Å². The second-order valence-corrected chi connectivity index (χ2v) is 4.86. The lowest BCUT2D eigenvalue weighted by Gasteiger charge is -2.12. The maximum absolute atomic E-state index is 11.9. The van der Waals surface area contributed by atoms with Crippen molar-refractivity contribution in [2.45, 2.75) is 13.0 Å². The van der Waals surface area contributed by atoms with Crippen molar-refractivity contribution in [2.24, 2.45) is 0 Å². The van der Waals surface area contributed by atoms with Gasteiger partial charge in [-0.15, -0.1) is 0 Å². The minimum absolute atomic E-state index is 0.443. The summed E-state index contributed by atoms with van der Waals surface area (Å²) in [6.45, 7) is 1.48. The Bertz CT molecular complexity index is 679. The van der Waals surface area contributed by atoms with Crippen LogP contribution in [0.15, 0.2) is 53.2 Å². The van der Waals surface area contributed by atoms with Crippen LogP contribution in [0.3, 0.4) is 0 Å². The zero-order valence-electron chi connectivity index (χ0n) is 11.8. The molecule has 2 aromatic rings. The number of nitrogens with one attached hydrogen (secondary N) is 1. The van der Waals surface area contributed by atoms with Crippen molar-refractivity contribution in [3.8, 4) is 0 Å². The number of anilines is 1. The molecule has 1 aromatic carbocycles. The van der Waals surface area contributed by atoms with Crippen LogP contribution in [-0.4, -0.2) is 18.0 Å². The maximum Gasteiger partial charge on any atom is 0.331 e. The van der Waals surface area contributed by atoms with E-state index in [-0.39, 0.29) is 0 Å². The Labute approximate surface area is 132 Å². The topological polar surface area (TPSA) is 68.5 Å². The Hall–Kier alpha value is -2.53. The molecule has 0 bridgehead atoms. The SMILES string of the molecule is C[C@H](OC(=O)C=Cc1ccco1)C(=O)Nc1cccc(Cl)c1. The fourth-order valence-electron chi connectivity index (χ4n) is 1.61. The lowest BCUT2D eigenvalue weighted by Crippen LogP contribution is -2.29. The molecule has 0 aliphatic heterocycles. The van der Waals surface area contributed by atoms with Gasteiger partial charge in [-0.1, -0.05) is 17.7 Å². The van der Waals surface area contributed by atoms with Crippen molar-refractivity contribution < 1.29 is 18.7 Å². The predicted molar refractivity (Wildman–Crippen MR) is 83.4 cm³/mol. The Morgan fingerprint density at radius 2 is 2.14 bits per heavy atom.